The Morgan fingerprint density at radius 3 is 2.40 bits per heavy atom. The van der Waals surface area contributed by atoms with Crippen molar-refractivity contribution in [3.63, 3.8) is 0 Å². The Bertz CT molecular complexity index is 1580. The van der Waals surface area contributed by atoms with Crippen molar-refractivity contribution in [3.8, 4) is 11.5 Å². The Morgan fingerprint density at radius 2 is 1.66 bits per heavy atom. The minimum atomic E-state index is -4.18. The fourth-order valence-corrected chi connectivity index (χ4v) is 4.02. The number of fused-ring (bicyclic) bond motifs is 1. The van der Waals surface area contributed by atoms with Crippen molar-refractivity contribution in [3.05, 3.63) is 89.7 Å². The Morgan fingerprint density at radius 1 is 0.943 bits per heavy atom. The molecule has 0 bridgehead atoms. The summed E-state index contributed by atoms with van der Waals surface area (Å²) in [5.74, 6) is -0.823. The summed E-state index contributed by atoms with van der Waals surface area (Å²) in [6, 6.07) is 17.9. The molecule has 180 valence electrons. The molecule has 0 aliphatic heterocycles. The van der Waals surface area contributed by atoms with Crippen molar-refractivity contribution in [2.45, 2.75) is 4.90 Å². The van der Waals surface area contributed by atoms with Gasteiger partial charge < -0.3 is 19.2 Å². The maximum atomic E-state index is 14.1. The highest BCUT2D eigenvalue weighted by Gasteiger charge is 2.19. The van der Waals surface area contributed by atoms with E-state index in [9.17, 15) is 17.6 Å². The van der Waals surface area contributed by atoms with E-state index in [2.05, 4.69) is 15.2 Å². The van der Waals surface area contributed by atoms with Crippen LogP contribution in [0.3, 0.4) is 0 Å². The second kappa shape index (κ2) is 9.85. The number of methoxy groups -OCH3 is 2. The lowest BCUT2D eigenvalue weighted by atomic mass is 10.1. The van der Waals surface area contributed by atoms with E-state index in [4.69, 9.17) is 13.9 Å². The molecule has 1 aromatic heterocycles. The monoisotopic (exact) mass is 497 g/mol. The number of hydrogen-bond donors (Lipinski definition) is 2. The fourth-order valence-electron chi connectivity index (χ4n) is 3.20. The van der Waals surface area contributed by atoms with Crippen molar-refractivity contribution in [1.82, 2.24) is 4.83 Å². The Kier molecular flexibility index (Phi) is 6.69. The summed E-state index contributed by atoms with van der Waals surface area (Å²) in [5.41, 5.74) is -0.120. The predicted octanol–water partition coefficient (Wildman–Crippen LogP) is 3.64. The number of benzene rings is 3. The van der Waals surface area contributed by atoms with Crippen LogP contribution in [0, 0.1) is 5.82 Å². The molecule has 3 aromatic carbocycles. The van der Waals surface area contributed by atoms with Crippen LogP contribution in [0.1, 0.15) is 10.4 Å². The van der Waals surface area contributed by atoms with Gasteiger partial charge in [0.25, 0.3) is 15.9 Å². The van der Waals surface area contributed by atoms with E-state index in [0.29, 0.717) is 16.7 Å². The molecule has 11 heteroatoms. The maximum Gasteiger partial charge on any atom is 0.276 e. The van der Waals surface area contributed by atoms with Gasteiger partial charge in [-0.1, -0.05) is 30.3 Å². The molecule has 0 fully saturated rings. The summed E-state index contributed by atoms with van der Waals surface area (Å²) >= 11 is 0. The number of amides is 1. The maximum absolute atomic E-state index is 14.1. The van der Waals surface area contributed by atoms with Crippen LogP contribution in [0.15, 0.2) is 87.2 Å². The van der Waals surface area contributed by atoms with E-state index < -0.39 is 21.7 Å². The third kappa shape index (κ3) is 5.09. The molecule has 2 N–H and O–H groups in total. The normalized spacial score (nSPS) is 11.8. The lowest BCUT2D eigenvalue weighted by Gasteiger charge is -2.10. The third-order valence-corrected chi connectivity index (χ3v) is 6.16. The summed E-state index contributed by atoms with van der Waals surface area (Å²) in [7, 11) is -1.38. The van der Waals surface area contributed by atoms with Gasteiger partial charge in [-0.3, -0.25) is 4.79 Å². The Labute approximate surface area is 199 Å². The largest absolute Gasteiger partial charge is 0.493 e. The summed E-state index contributed by atoms with van der Waals surface area (Å²) in [5, 5.41) is 6.87. The van der Waals surface area contributed by atoms with Crippen LogP contribution in [0.4, 0.5) is 10.1 Å². The number of halogens is 1. The molecule has 0 atom stereocenters. The second-order valence-corrected chi connectivity index (χ2v) is 8.82. The summed E-state index contributed by atoms with van der Waals surface area (Å²) < 4.78 is 55.8. The fraction of sp³-hybridized carbons (Fsp3) is 0.0833. The standard InChI is InChI=1S/C24H20FN3O6S/c1-32-21-12-11-16(14-22(21)33-2)35(30,31)28-27-24-17(13-15-7-3-6-10-20(15)34-24)23(29)26-19-9-5-4-8-18(19)25/h3-14,28H,1-2H3,(H,26,29). The van der Waals surface area contributed by atoms with E-state index in [1.807, 2.05) is 0 Å². The first-order valence-corrected chi connectivity index (χ1v) is 11.7. The quantitative estimate of drug-likeness (QED) is 0.377. The Hall–Kier alpha value is -4.38. The molecule has 0 saturated heterocycles. The number of carbonyl (C=O) groups excluding carboxylic acids is 1. The number of nitrogens with one attached hydrogen (secondary N) is 2. The number of anilines is 1. The van der Waals surface area contributed by atoms with E-state index in [1.165, 1.54) is 56.7 Å². The number of para-hydroxylation sites is 2. The van der Waals surface area contributed by atoms with Crippen LogP contribution in [0.25, 0.3) is 11.0 Å². The zero-order valence-electron chi connectivity index (χ0n) is 18.6. The molecule has 0 unspecified atom stereocenters. The van der Waals surface area contributed by atoms with Gasteiger partial charge >= 0.3 is 0 Å². The van der Waals surface area contributed by atoms with Crippen LogP contribution >= 0.6 is 0 Å². The first-order chi connectivity index (χ1) is 16.8. The molecule has 1 heterocycles. The van der Waals surface area contributed by atoms with Crippen molar-refractivity contribution >= 4 is 32.6 Å². The molecule has 0 saturated carbocycles. The molecule has 4 aromatic rings. The van der Waals surface area contributed by atoms with Crippen LogP contribution < -0.4 is 25.2 Å². The van der Waals surface area contributed by atoms with Gasteiger partial charge in [0.2, 0.25) is 5.55 Å². The molecule has 9 nitrogen and oxygen atoms in total. The van der Waals surface area contributed by atoms with E-state index in [1.54, 1.807) is 30.3 Å². The predicted molar refractivity (Wildman–Crippen MR) is 126 cm³/mol. The van der Waals surface area contributed by atoms with Crippen molar-refractivity contribution < 1.29 is 31.5 Å². The number of sulfonamides is 1. The number of nitrogens with zero attached hydrogens (tertiary/aromatic N) is 1. The van der Waals surface area contributed by atoms with Crippen molar-refractivity contribution in [2.24, 2.45) is 5.10 Å². The van der Waals surface area contributed by atoms with Gasteiger partial charge in [-0.25, -0.2) is 4.39 Å². The highest BCUT2D eigenvalue weighted by atomic mass is 32.2. The highest BCUT2D eigenvalue weighted by Crippen LogP contribution is 2.29. The zero-order chi connectivity index (χ0) is 25.0. The van der Waals surface area contributed by atoms with Crippen LogP contribution in [0.2, 0.25) is 0 Å². The first kappa shape index (κ1) is 23.8. The summed E-state index contributed by atoms with van der Waals surface area (Å²) in [4.78, 5) is 14.9. The average Bonchev–Trinajstić information content (AvgIpc) is 2.87. The number of ether oxygens (including phenoxy) is 2. The number of hydrogen-bond acceptors (Lipinski definition) is 7. The molecule has 35 heavy (non-hydrogen) atoms. The lowest BCUT2D eigenvalue weighted by Crippen LogP contribution is -2.27. The van der Waals surface area contributed by atoms with E-state index in [0.717, 1.165) is 0 Å². The smallest absolute Gasteiger partial charge is 0.276 e. The van der Waals surface area contributed by atoms with E-state index in [-0.39, 0.29) is 27.4 Å². The molecular formula is C24H20FN3O6S. The van der Waals surface area contributed by atoms with Crippen LogP contribution in [-0.4, -0.2) is 28.5 Å². The van der Waals surface area contributed by atoms with Crippen molar-refractivity contribution in [1.29, 1.82) is 0 Å². The van der Waals surface area contributed by atoms with Crippen LogP contribution in [0.5, 0.6) is 11.5 Å². The molecule has 0 aliphatic carbocycles. The SMILES string of the molecule is COc1ccc(S(=O)(=O)NN=c2oc3ccccc3cc2C(=O)Nc2ccccc2F)cc1OC. The molecule has 0 aliphatic rings. The van der Waals surface area contributed by atoms with Gasteiger partial charge in [-0.05, 0) is 36.4 Å². The van der Waals surface area contributed by atoms with E-state index >= 15 is 0 Å². The second-order valence-electron chi connectivity index (χ2n) is 7.16. The molecule has 0 radical (unpaired) electrons. The molecule has 4 rings (SSSR count). The summed E-state index contributed by atoms with van der Waals surface area (Å²) in [6.45, 7) is 0. The van der Waals surface area contributed by atoms with Crippen LogP contribution in [-0.2, 0) is 10.0 Å². The van der Waals surface area contributed by atoms with Gasteiger partial charge in [0, 0.05) is 11.5 Å². The van der Waals surface area contributed by atoms with Crippen molar-refractivity contribution in [2.75, 3.05) is 19.5 Å². The molecule has 0 spiro atoms. The highest BCUT2D eigenvalue weighted by molar-refractivity contribution is 7.89. The minimum Gasteiger partial charge on any atom is -0.493 e. The zero-order valence-corrected chi connectivity index (χ0v) is 19.4. The summed E-state index contributed by atoms with van der Waals surface area (Å²) in [6.07, 6.45) is 0. The van der Waals surface area contributed by atoms with Gasteiger partial charge in [0.05, 0.1) is 24.8 Å². The van der Waals surface area contributed by atoms with Gasteiger partial charge in [0.15, 0.2) is 11.5 Å². The van der Waals surface area contributed by atoms with Gasteiger partial charge in [0.1, 0.15) is 17.0 Å². The third-order valence-electron chi connectivity index (χ3n) is 4.96. The minimum absolute atomic E-state index is 0.0532. The molecular weight excluding hydrogens is 477 g/mol. The Balaban J connectivity index is 1.75. The number of rotatable bonds is 7. The average molecular weight is 498 g/mol. The first-order valence-electron chi connectivity index (χ1n) is 10.2. The van der Waals surface area contributed by atoms with Gasteiger partial charge in [-0.2, -0.15) is 13.2 Å². The number of carbonyl (C=O) groups is 1. The molecule has 1 amide bonds. The topological polar surface area (TPSA) is 119 Å². The lowest BCUT2D eigenvalue weighted by molar-refractivity contribution is 0.102. The van der Waals surface area contributed by atoms with Gasteiger partial charge in [-0.15, -0.1) is 5.10 Å².